The number of halogens is 1. The Kier molecular flexibility index (Phi) is 3.18. The van der Waals surface area contributed by atoms with Crippen LogP contribution in [0.5, 0.6) is 0 Å². The summed E-state index contributed by atoms with van der Waals surface area (Å²) in [7, 11) is 0. The third-order valence-electron chi connectivity index (χ3n) is 2.61. The zero-order valence-electron chi connectivity index (χ0n) is 9.25. The number of nitrogens with zero attached hydrogens (tertiary/aromatic N) is 1. The summed E-state index contributed by atoms with van der Waals surface area (Å²) >= 11 is 2.32. The molecule has 1 heterocycles. The number of rotatable bonds is 2. The molecule has 0 amide bonds. The maximum Gasteiger partial charge on any atom is 0.173 e. The lowest BCUT2D eigenvalue weighted by Gasteiger charge is -2.05. The normalized spacial score (nSPS) is 10.7. The van der Waals surface area contributed by atoms with Crippen molar-refractivity contribution in [3.63, 3.8) is 0 Å². The van der Waals surface area contributed by atoms with Crippen molar-refractivity contribution in [2.24, 2.45) is 0 Å². The molecule has 4 heteroatoms. The van der Waals surface area contributed by atoms with E-state index in [-0.39, 0.29) is 0 Å². The Morgan fingerprint density at radius 3 is 2.88 bits per heavy atom. The van der Waals surface area contributed by atoms with Gasteiger partial charge in [0, 0.05) is 14.7 Å². The van der Waals surface area contributed by atoms with Crippen molar-refractivity contribution in [1.82, 2.24) is 5.16 Å². The van der Waals surface area contributed by atoms with E-state index >= 15 is 0 Å². The largest absolute Gasteiger partial charge is 0.381 e. The first-order valence-electron chi connectivity index (χ1n) is 5.14. The highest BCUT2D eigenvalue weighted by Gasteiger charge is 2.16. The molecule has 1 aromatic carbocycles. The summed E-state index contributed by atoms with van der Waals surface area (Å²) in [5.74, 6) is 1.29. The lowest BCUT2D eigenvalue weighted by molar-refractivity contribution is 0.435. The second kappa shape index (κ2) is 4.45. The molecule has 1 aromatic heterocycles. The Labute approximate surface area is 108 Å². The van der Waals surface area contributed by atoms with Gasteiger partial charge in [-0.25, -0.2) is 0 Å². The van der Waals surface area contributed by atoms with Crippen LogP contribution in [0, 0.1) is 10.5 Å². The fourth-order valence-electron chi connectivity index (χ4n) is 1.70. The Bertz CT molecular complexity index is 520. The lowest BCUT2D eigenvalue weighted by atomic mass is 10.0. The number of anilines is 1. The van der Waals surface area contributed by atoms with E-state index in [9.17, 15) is 0 Å². The molecule has 0 bridgehead atoms. The van der Waals surface area contributed by atoms with Gasteiger partial charge >= 0.3 is 0 Å². The van der Waals surface area contributed by atoms with Crippen molar-refractivity contribution >= 4 is 28.4 Å². The standard InChI is InChI=1S/C12H13IN2O/c1-3-8-11(16-15-12(8)14)9-6-4-5-7(2)10(9)13/h4-6H,3H2,1-2H3,(H2,14,15). The molecule has 0 saturated heterocycles. The molecule has 2 aromatic rings. The maximum atomic E-state index is 5.77. The number of nitrogen functional groups attached to an aromatic ring is 1. The molecule has 0 aliphatic heterocycles. The van der Waals surface area contributed by atoms with Gasteiger partial charge in [-0.1, -0.05) is 30.3 Å². The van der Waals surface area contributed by atoms with Gasteiger partial charge in [-0.05, 0) is 41.5 Å². The van der Waals surface area contributed by atoms with Crippen LogP contribution in [-0.4, -0.2) is 5.16 Å². The number of hydrogen-bond acceptors (Lipinski definition) is 3. The molecule has 0 aliphatic rings. The topological polar surface area (TPSA) is 52.0 Å². The van der Waals surface area contributed by atoms with Gasteiger partial charge < -0.3 is 10.3 Å². The van der Waals surface area contributed by atoms with E-state index < -0.39 is 0 Å². The fraction of sp³-hybridized carbons (Fsp3) is 0.250. The number of nitrogens with two attached hydrogens (primary N) is 1. The molecular formula is C12H13IN2O. The van der Waals surface area contributed by atoms with Crippen molar-refractivity contribution in [1.29, 1.82) is 0 Å². The molecule has 0 aliphatic carbocycles. The first kappa shape index (κ1) is 11.4. The van der Waals surface area contributed by atoms with Gasteiger partial charge in [0.2, 0.25) is 0 Å². The third-order valence-corrected chi connectivity index (χ3v) is 4.04. The summed E-state index contributed by atoms with van der Waals surface area (Å²) in [6.07, 6.45) is 0.828. The van der Waals surface area contributed by atoms with Crippen LogP contribution in [0.4, 0.5) is 5.82 Å². The molecule has 2 N–H and O–H groups in total. The van der Waals surface area contributed by atoms with Crippen LogP contribution in [0.3, 0.4) is 0 Å². The van der Waals surface area contributed by atoms with Gasteiger partial charge in [0.05, 0.1) is 0 Å². The number of aromatic nitrogens is 1. The van der Waals surface area contributed by atoms with Gasteiger partial charge in [0.1, 0.15) is 0 Å². The zero-order chi connectivity index (χ0) is 11.7. The van der Waals surface area contributed by atoms with Gasteiger partial charge in [0.25, 0.3) is 0 Å². The van der Waals surface area contributed by atoms with Crippen molar-refractivity contribution in [2.75, 3.05) is 5.73 Å². The first-order chi connectivity index (χ1) is 7.65. The first-order valence-corrected chi connectivity index (χ1v) is 6.22. The van der Waals surface area contributed by atoms with E-state index in [0.717, 1.165) is 23.3 Å². The average molecular weight is 328 g/mol. The summed E-state index contributed by atoms with van der Waals surface area (Å²) in [6, 6.07) is 6.13. The molecule has 2 rings (SSSR count). The molecule has 0 fully saturated rings. The Morgan fingerprint density at radius 1 is 1.44 bits per heavy atom. The SMILES string of the molecule is CCc1c(N)noc1-c1cccc(C)c1I. The predicted octanol–water partition coefficient (Wildman–Crippen LogP) is 3.40. The highest BCUT2D eigenvalue weighted by molar-refractivity contribution is 14.1. The van der Waals surface area contributed by atoms with Crippen LogP contribution in [0.15, 0.2) is 22.7 Å². The summed E-state index contributed by atoms with van der Waals surface area (Å²) in [4.78, 5) is 0. The minimum Gasteiger partial charge on any atom is -0.381 e. The maximum absolute atomic E-state index is 5.77. The lowest BCUT2D eigenvalue weighted by Crippen LogP contribution is -1.92. The van der Waals surface area contributed by atoms with Crippen molar-refractivity contribution in [3.8, 4) is 11.3 Å². The number of hydrogen-bond donors (Lipinski definition) is 1. The van der Waals surface area contributed by atoms with Crippen molar-refractivity contribution in [2.45, 2.75) is 20.3 Å². The monoisotopic (exact) mass is 328 g/mol. The van der Waals surface area contributed by atoms with Gasteiger partial charge in [0.15, 0.2) is 11.6 Å². The smallest absolute Gasteiger partial charge is 0.173 e. The van der Waals surface area contributed by atoms with Crippen LogP contribution < -0.4 is 5.73 Å². The van der Waals surface area contributed by atoms with E-state index in [1.807, 2.05) is 12.1 Å². The highest BCUT2D eigenvalue weighted by Crippen LogP contribution is 2.32. The molecule has 0 radical (unpaired) electrons. The van der Waals surface area contributed by atoms with Crippen LogP contribution in [-0.2, 0) is 6.42 Å². The second-order valence-electron chi connectivity index (χ2n) is 3.67. The molecule has 0 unspecified atom stereocenters. The molecule has 0 spiro atoms. The van der Waals surface area contributed by atoms with Crippen LogP contribution in [0.25, 0.3) is 11.3 Å². The summed E-state index contributed by atoms with van der Waals surface area (Å²) in [5, 5.41) is 3.83. The van der Waals surface area contributed by atoms with E-state index in [1.165, 1.54) is 9.13 Å². The van der Waals surface area contributed by atoms with Crippen LogP contribution >= 0.6 is 22.6 Å². The zero-order valence-corrected chi connectivity index (χ0v) is 11.4. The molecule has 0 saturated carbocycles. The Balaban J connectivity index is 2.63. The van der Waals surface area contributed by atoms with Crippen molar-refractivity contribution in [3.05, 3.63) is 32.9 Å². The van der Waals surface area contributed by atoms with E-state index in [4.69, 9.17) is 10.3 Å². The minimum atomic E-state index is 0.495. The van der Waals surface area contributed by atoms with E-state index in [1.54, 1.807) is 0 Å². The molecule has 84 valence electrons. The predicted molar refractivity (Wildman–Crippen MR) is 73.2 cm³/mol. The Hall–Kier alpha value is -1.04. The van der Waals surface area contributed by atoms with Gasteiger partial charge in [-0.2, -0.15) is 0 Å². The quantitative estimate of drug-likeness (QED) is 0.860. The highest BCUT2D eigenvalue weighted by atomic mass is 127. The van der Waals surface area contributed by atoms with Gasteiger partial charge in [-0.15, -0.1) is 0 Å². The summed E-state index contributed by atoms with van der Waals surface area (Å²) in [6.45, 7) is 4.13. The molecular weight excluding hydrogens is 315 g/mol. The third kappa shape index (κ3) is 1.81. The number of aryl methyl sites for hydroxylation is 1. The van der Waals surface area contributed by atoms with Gasteiger partial charge in [-0.3, -0.25) is 0 Å². The fourth-order valence-corrected chi connectivity index (χ4v) is 2.30. The number of benzene rings is 1. The second-order valence-corrected chi connectivity index (χ2v) is 4.74. The molecule has 0 atom stereocenters. The van der Waals surface area contributed by atoms with E-state index in [0.29, 0.717) is 5.82 Å². The molecule has 16 heavy (non-hydrogen) atoms. The van der Waals surface area contributed by atoms with E-state index in [2.05, 4.69) is 47.7 Å². The summed E-state index contributed by atoms with van der Waals surface area (Å²) < 4.78 is 6.51. The Morgan fingerprint density at radius 2 is 2.19 bits per heavy atom. The summed E-state index contributed by atoms with van der Waals surface area (Å²) in [5.41, 5.74) is 9.06. The van der Waals surface area contributed by atoms with Crippen molar-refractivity contribution < 1.29 is 4.52 Å². The van der Waals surface area contributed by atoms with Crippen LogP contribution in [0.1, 0.15) is 18.1 Å². The molecule has 3 nitrogen and oxygen atoms in total. The minimum absolute atomic E-state index is 0.495. The van der Waals surface area contributed by atoms with Crippen LogP contribution in [0.2, 0.25) is 0 Å². The average Bonchev–Trinajstić information content (AvgIpc) is 2.63.